The average Bonchev–Trinajstić information content (AvgIpc) is 2.19. The second-order valence-corrected chi connectivity index (χ2v) is 3.88. The molecule has 0 aromatic heterocycles. The molecule has 0 saturated carbocycles. The minimum absolute atomic E-state index is 0. The fourth-order valence-electron chi connectivity index (χ4n) is 1.60. The molecule has 0 bridgehead atoms. The summed E-state index contributed by atoms with van der Waals surface area (Å²) in [5.74, 6) is 0.150. The van der Waals surface area contributed by atoms with Gasteiger partial charge in [0.15, 0.2) is 0 Å². The molecule has 0 aromatic carbocycles. The topological polar surface area (TPSA) is 50.4 Å². The number of halogens is 1. The number of nitrogens with one attached hydrogen (secondary N) is 2. The van der Waals surface area contributed by atoms with Gasteiger partial charge < -0.3 is 15.4 Å². The number of carbonyl (C=O) groups excluding carboxylic acids is 1. The van der Waals surface area contributed by atoms with Crippen LogP contribution in [0.15, 0.2) is 0 Å². The maximum atomic E-state index is 11.6. The summed E-state index contributed by atoms with van der Waals surface area (Å²) in [5, 5.41) is 5.99. The molecular formula is C10H21ClN2O2. The molecular weight excluding hydrogens is 216 g/mol. The number of ether oxygens (including phenoxy) is 1. The molecule has 0 radical (unpaired) electrons. The van der Waals surface area contributed by atoms with Crippen LogP contribution in [0.5, 0.6) is 0 Å². The summed E-state index contributed by atoms with van der Waals surface area (Å²) in [6.07, 6.45) is 2.09. The number of rotatable bonds is 4. The first kappa shape index (κ1) is 14.7. The molecule has 0 spiro atoms. The molecule has 1 fully saturated rings. The lowest BCUT2D eigenvalue weighted by molar-refractivity contribution is -0.126. The molecule has 1 rings (SSSR count). The van der Waals surface area contributed by atoms with Gasteiger partial charge in [0.1, 0.15) is 0 Å². The van der Waals surface area contributed by atoms with Gasteiger partial charge in [0.2, 0.25) is 5.91 Å². The Morgan fingerprint density at radius 3 is 2.87 bits per heavy atom. The molecule has 4 nitrogen and oxygen atoms in total. The summed E-state index contributed by atoms with van der Waals surface area (Å²) >= 11 is 0. The number of amides is 1. The van der Waals surface area contributed by atoms with E-state index in [1.54, 1.807) is 0 Å². The lowest BCUT2D eigenvalue weighted by atomic mass is 10.1. The Balaban J connectivity index is 0.00000196. The Labute approximate surface area is 97.5 Å². The molecule has 1 aliphatic rings. The first-order valence-corrected chi connectivity index (χ1v) is 5.26. The quantitative estimate of drug-likeness (QED) is 0.750. The Morgan fingerprint density at radius 1 is 1.60 bits per heavy atom. The van der Waals surface area contributed by atoms with Crippen molar-refractivity contribution in [2.24, 2.45) is 5.92 Å². The van der Waals surface area contributed by atoms with Crippen LogP contribution in [0.2, 0.25) is 0 Å². The van der Waals surface area contributed by atoms with Crippen molar-refractivity contribution in [3.8, 4) is 0 Å². The van der Waals surface area contributed by atoms with Crippen LogP contribution in [-0.4, -0.2) is 38.8 Å². The van der Waals surface area contributed by atoms with Crippen molar-refractivity contribution in [3.05, 3.63) is 0 Å². The van der Waals surface area contributed by atoms with Gasteiger partial charge in [-0.3, -0.25) is 4.79 Å². The van der Waals surface area contributed by atoms with Crippen LogP contribution in [0.4, 0.5) is 0 Å². The number of carbonyl (C=O) groups is 1. The van der Waals surface area contributed by atoms with Gasteiger partial charge in [-0.15, -0.1) is 12.4 Å². The largest absolute Gasteiger partial charge is 0.379 e. The molecule has 15 heavy (non-hydrogen) atoms. The van der Waals surface area contributed by atoms with Crippen LogP contribution in [-0.2, 0) is 9.53 Å². The summed E-state index contributed by atoms with van der Waals surface area (Å²) in [7, 11) is 1.85. The van der Waals surface area contributed by atoms with Gasteiger partial charge in [-0.05, 0) is 19.9 Å². The second kappa shape index (κ2) is 7.91. The molecule has 0 aromatic rings. The Bertz CT molecular complexity index is 184. The summed E-state index contributed by atoms with van der Waals surface area (Å²) in [5.41, 5.74) is 0. The number of hydrogen-bond donors (Lipinski definition) is 2. The maximum Gasteiger partial charge on any atom is 0.224 e. The van der Waals surface area contributed by atoms with Gasteiger partial charge in [-0.1, -0.05) is 6.92 Å². The number of hydrogen-bond acceptors (Lipinski definition) is 3. The Hall–Kier alpha value is -0.320. The van der Waals surface area contributed by atoms with Crippen molar-refractivity contribution >= 4 is 18.3 Å². The van der Waals surface area contributed by atoms with Crippen LogP contribution >= 0.6 is 12.4 Å². The lowest BCUT2D eigenvalue weighted by Gasteiger charge is -2.24. The van der Waals surface area contributed by atoms with Gasteiger partial charge >= 0.3 is 0 Å². The maximum absolute atomic E-state index is 11.6. The van der Waals surface area contributed by atoms with E-state index in [0.29, 0.717) is 6.61 Å². The van der Waals surface area contributed by atoms with E-state index >= 15 is 0 Å². The third-order valence-corrected chi connectivity index (χ3v) is 2.46. The molecule has 1 heterocycles. The highest BCUT2D eigenvalue weighted by Gasteiger charge is 2.19. The monoisotopic (exact) mass is 236 g/mol. The van der Waals surface area contributed by atoms with E-state index in [1.807, 2.05) is 14.0 Å². The average molecular weight is 237 g/mol. The predicted octanol–water partition coefficient (Wildman–Crippen LogP) is 0.559. The molecule has 1 saturated heterocycles. The zero-order valence-electron chi connectivity index (χ0n) is 9.41. The van der Waals surface area contributed by atoms with Gasteiger partial charge in [0.05, 0.1) is 12.6 Å². The highest BCUT2D eigenvalue weighted by Crippen LogP contribution is 2.06. The SMILES string of the molecule is CNCC(C)C(=O)NC1CCCOC1.Cl. The van der Waals surface area contributed by atoms with E-state index in [1.165, 1.54) is 0 Å². The lowest BCUT2D eigenvalue weighted by Crippen LogP contribution is -2.44. The van der Waals surface area contributed by atoms with Crippen molar-refractivity contribution in [3.63, 3.8) is 0 Å². The van der Waals surface area contributed by atoms with E-state index in [4.69, 9.17) is 4.74 Å². The fourth-order valence-corrected chi connectivity index (χ4v) is 1.60. The first-order chi connectivity index (χ1) is 6.74. The molecule has 2 N–H and O–H groups in total. The standard InChI is InChI=1S/C10H20N2O2.ClH/c1-8(6-11-2)10(13)12-9-4-3-5-14-7-9;/h8-9,11H,3-7H2,1-2H3,(H,12,13);1H. The van der Waals surface area contributed by atoms with Crippen LogP contribution in [0, 0.1) is 5.92 Å². The van der Waals surface area contributed by atoms with Crippen molar-refractivity contribution in [2.45, 2.75) is 25.8 Å². The normalized spacial score (nSPS) is 22.7. The van der Waals surface area contributed by atoms with Crippen molar-refractivity contribution in [2.75, 3.05) is 26.8 Å². The molecule has 5 heteroatoms. The van der Waals surface area contributed by atoms with Crippen LogP contribution < -0.4 is 10.6 Å². The Morgan fingerprint density at radius 2 is 2.33 bits per heavy atom. The van der Waals surface area contributed by atoms with Gasteiger partial charge in [0.25, 0.3) is 0 Å². The van der Waals surface area contributed by atoms with Crippen LogP contribution in [0.3, 0.4) is 0 Å². The van der Waals surface area contributed by atoms with Gasteiger partial charge in [-0.25, -0.2) is 0 Å². The van der Waals surface area contributed by atoms with E-state index < -0.39 is 0 Å². The molecule has 2 atom stereocenters. The molecule has 1 amide bonds. The highest BCUT2D eigenvalue weighted by atomic mass is 35.5. The molecule has 2 unspecified atom stereocenters. The summed E-state index contributed by atoms with van der Waals surface area (Å²) in [6.45, 7) is 4.14. The van der Waals surface area contributed by atoms with Gasteiger partial charge in [0, 0.05) is 19.1 Å². The third-order valence-electron chi connectivity index (χ3n) is 2.46. The van der Waals surface area contributed by atoms with Crippen molar-refractivity contribution in [1.29, 1.82) is 0 Å². The summed E-state index contributed by atoms with van der Waals surface area (Å²) in [6, 6.07) is 0.218. The van der Waals surface area contributed by atoms with Crippen molar-refractivity contribution < 1.29 is 9.53 Å². The summed E-state index contributed by atoms with van der Waals surface area (Å²) < 4.78 is 5.29. The first-order valence-electron chi connectivity index (χ1n) is 5.26. The highest BCUT2D eigenvalue weighted by molar-refractivity contribution is 5.85. The Kier molecular flexibility index (Phi) is 7.74. The molecule has 90 valence electrons. The third kappa shape index (κ3) is 5.35. The zero-order valence-corrected chi connectivity index (χ0v) is 10.2. The van der Waals surface area contributed by atoms with E-state index in [-0.39, 0.29) is 30.3 Å². The van der Waals surface area contributed by atoms with Crippen molar-refractivity contribution in [1.82, 2.24) is 10.6 Å². The molecule has 0 aliphatic carbocycles. The minimum Gasteiger partial charge on any atom is -0.379 e. The van der Waals surface area contributed by atoms with E-state index in [2.05, 4.69) is 10.6 Å². The molecule has 1 aliphatic heterocycles. The second-order valence-electron chi connectivity index (χ2n) is 3.88. The predicted molar refractivity (Wildman–Crippen MR) is 62.3 cm³/mol. The minimum atomic E-state index is 0. The zero-order chi connectivity index (χ0) is 10.4. The fraction of sp³-hybridized carbons (Fsp3) is 0.900. The van der Waals surface area contributed by atoms with Crippen LogP contribution in [0.25, 0.3) is 0 Å². The summed E-state index contributed by atoms with van der Waals surface area (Å²) in [4.78, 5) is 11.6. The smallest absolute Gasteiger partial charge is 0.224 e. The van der Waals surface area contributed by atoms with E-state index in [9.17, 15) is 4.79 Å². The van der Waals surface area contributed by atoms with Crippen LogP contribution in [0.1, 0.15) is 19.8 Å². The van der Waals surface area contributed by atoms with Gasteiger partial charge in [-0.2, -0.15) is 0 Å². The van der Waals surface area contributed by atoms with E-state index in [0.717, 1.165) is 26.0 Å².